The van der Waals surface area contributed by atoms with Crippen LogP contribution in [-0.4, -0.2) is 103 Å². The summed E-state index contributed by atoms with van der Waals surface area (Å²) < 4.78 is 60.7. The summed E-state index contributed by atoms with van der Waals surface area (Å²) in [7, 11) is -8.89. The van der Waals surface area contributed by atoms with Crippen LogP contribution in [0.5, 0.6) is 11.5 Å². The standard InChI is InChI=1S/C26H42O3Si2.C25H42O4Si2.C5H11N2O4P/c1-12-18-14-13-15-19-23-20(17-27-30(8,9)25(2,3)4)21(16-22(23)28-24(18)19)29-31(10,11)26(5,6)7;1-24(2,3)30(7,8)27-16-19-20(29-31(9,10)25(4,5)6)14-21-22(19)18-13-11-12-17(15-26)23(18)28-21;1-4(8)5(7-6)12(9,10-2)11-3/h1,13-15,20-23H,16-17H2,2-11H3;11-13,15,19-22H,14,16H2,1-10H3;5,7H,1-3H3/t20-,21+,22-,23+;19-,20+,21-,22+;/m00./s1. The van der Waals surface area contributed by atoms with Gasteiger partial charge in [0.2, 0.25) is 5.78 Å². The average Bonchev–Trinajstić information content (AvgIpc) is 4.01. The number of fused-ring (bicyclic) bond motifs is 6. The third-order valence-corrected chi connectivity index (χ3v) is 38.1. The number of terminal acetylenes is 1. The van der Waals surface area contributed by atoms with Crippen LogP contribution in [0.4, 0.5) is 0 Å². The number of benzene rings is 2. The van der Waals surface area contributed by atoms with Gasteiger partial charge in [0.1, 0.15) is 23.7 Å². The quantitative estimate of drug-likeness (QED) is 0.0560. The Hall–Kier alpha value is -2.60. The van der Waals surface area contributed by atoms with Crippen molar-refractivity contribution in [3.63, 3.8) is 0 Å². The van der Waals surface area contributed by atoms with E-state index < -0.39 is 52.4 Å². The van der Waals surface area contributed by atoms with Gasteiger partial charge in [-0.3, -0.25) is 14.2 Å². The first kappa shape index (κ1) is 63.9. The molecule has 9 atom stereocenters. The van der Waals surface area contributed by atoms with Gasteiger partial charge in [-0.25, -0.2) is 0 Å². The van der Waals surface area contributed by atoms with Gasteiger partial charge >= 0.3 is 7.60 Å². The molecule has 0 amide bonds. The monoisotopic (exact) mass is 1110 g/mol. The number of para-hydroxylation sites is 2. The zero-order valence-electron chi connectivity index (χ0n) is 49.5. The first-order chi connectivity index (χ1) is 33.7. The second kappa shape index (κ2) is 23.4. The maximum Gasteiger partial charge on any atom is 0.404 e. The zero-order chi connectivity index (χ0) is 56.6. The van der Waals surface area contributed by atoms with E-state index in [9.17, 15) is 14.2 Å². The van der Waals surface area contributed by atoms with Crippen LogP contribution in [0.25, 0.3) is 5.53 Å². The van der Waals surface area contributed by atoms with E-state index in [1.54, 1.807) is 5.11 Å². The molecule has 18 heteroatoms. The topological polar surface area (TPSA) is 161 Å². The number of nitrogens with one attached hydrogen (secondary N) is 1. The third kappa shape index (κ3) is 13.8. The minimum Gasteiger partial charge on any atom is -0.507 e. The highest BCUT2D eigenvalue weighted by molar-refractivity contribution is 7.55. The summed E-state index contributed by atoms with van der Waals surface area (Å²) in [4.78, 5) is 22.4. The van der Waals surface area contributed by atoms with E-state index in [2.05, 4.69) is 169 Å². The maximum absolute atomic E-state index is 11.6. The highest BCUT2D eigenvalue weighted by Crippen LogP contribution is 2.56. The molecule has 2 aliphatic heterocycles. The predicted molar refractivity (Wildman–Crippen MR) is 308 cm³/mol. The van der Waals surface area contributed by atoms with Gasteiger partial charge in [-0.05, 0) is 84.7 Å². The smallest absolute Gasteiger partial charge is 0.404 e. The van der Waals surface area contributed by atoms with Crippen molar-refractivity contribution in [2.75, 3.05) is 27.4 Å². The molecule has 2 saturated carbocycles. The molecule has 13 nitrogen and oxygen atoms in total. The summed E-state index contributed by atoms with van der Waals surface area (Å²) in [6.07, 6.45) is 8.88. The molecule has 0 saturated heterocycles. The molecule has 4 aliphatic rings. The van der Waals surface area contributed by atoms with Crippen molar-refractivity contribution in [3.05, 3.63) is 64.2 Å². The van der Waals surface area contributed by atoms with E-state index in [4.69, 9.17) is 39.1 Å². The molecule has 2 aromatic carbocycles. The number of carbonyl (C=O) groups is 2. The van der Waals surface area contributed by atoms with E-state index in [1.807, 2.05) is 18.2 Å². The van der Waals surface area contributed by atoms with Crippen molar-refractivity contribution < 1.29 is 55.5 Å². The molecular weight excluding hydrogens is 1020 g/mol. The minimum absolute atomic E-state index is 0.0545. The second-order valence-electron chi connectivity index (χ2n) is 26.9. The van der Waals surface area contributed by atoms with Gasteiger partial charge in [-0.1, -0.05) is 113 Å². The number of carbonyl (C=O) groups excluding carboxylic acids is 2. The van der Waals surface area contributed by atoms with Crippen molar-refractivity contribution >= 4 is 52.9 Å². The van der Waals surface area contributed by atoms with Crippen molar-refractivity contribution in [1.29, 1.82) is 0 Å². The highest BCUT2D eigenvalue weighted by Gasteiger charge is 2.56. The maximum atomic E-state index is 11.6. The van der Waals surface area contributed by atoms with Crippen LogP contribution in [0, 0.1) is 24.2 Å². The number of Topliss-reactive ketones (excluding diaryl/α,β-unsaturated/α-hetero) is 1. The fourth-order valence-electron chi connectivity index (χ4n) is 9.16. The van der Waals surface area contributed by atoms with Gasteiger partial charge in [0, 0.05) is 82.0 Å². The summed E-state index contributed by atoms with van der Waals surface area (Å²) in [5.41, 5.74) is 12.4. The van der Waals surface area contributed by atoms with Crippen LogP contribution in [0.2, 0.25) is 72.5 Å². The molecule has 2 aliphatic carbocycles. The van der Waals surface area contributed by atoms with Crippen molar-refractivity contribution in [2.45, 2.75) is 217 Å². The molecular formula is C56H95N2O11PSi4. The molecule has 2 fully saturated rings. The molecule has 0 bridgehead atoms. The lowest BCUT2D eigenvalue weighted by Gasteiger charge is -2.42. The Kier molecular flexibility index (Phi) is 20.2. The average molecular weight is 1120 g/mol. The van der Waals surface area contributed by atoms with Gasteiger partial charge in [0.25, 0.3) is 5.78 Å². The van der Waals surface area contributed by atoms with E-state index in [1.165, 1.54) is 12.5 Å². The fourth-order valence-corrected chi connectivity index (χ4v) is 15.2. The van der Waals surface area contributed by atoms with Gasteiger partial charge in [0.15, 0.2) is 39.6 Å². The molecule has 0 radical (unpaired) electrons. The van der Waals surface area contributed by atoms with Gasteiger partial charge in [0.05, 0.1) is 23.3 Å². The van der Waals surface area contributed by atoms with Crippen LogP contribution in [0.15, 0.2) is 36.4 Å². The molecule has 1 unspecified atom stereocenters. The number of aldehydes is 1. The largest absolute Gasteiger partial charge is 0.507 e. The highest BCUT2D eigenvalue weighted by atomic mass is 31.2. The van der Waals surface area contributed by atoms with Crippen LogP contribution < -0.4 is 14.6 Å². The van der Waals surface area contributed by atoms with Crippen molar-refractivity contribution in [1.82, 2.24) is 0 Å². The first-order valence-electron chi connectivity index (χ1n) is 26.5. The lowest BCUT2D eigenvalue weighted by molar-refractivity contribution is -0.488. The minimum atomic E-state index is -3.56. The van der Waals surface area contributed by atoms with Gasteiger partial charge in [-0.2, -0.15) is 0 Å². The molecule has 6 rings (SSSR count). The molecule has 0 aromatic heterocycles. The van der Waals surface area contributed by atoms with E-state index in [0.717, 1.165) is 62.6 Å². The summed E-state index contributed by atoms with van der Waals surface area (Å²) >= 11 is 0. The Morgan fingerprint density at radius 3 is 1.41 bits per heavy atom. The summed E-state index contributed by atoms with van der Waals surface area (Å²) in [6.45, 7) is 48.7. The normalized spacial score (nSPS) is 24.3. The van der Waals surface area contributed by atoms with Crippen LogP contribution >= 0.6 is 7.60 Å². The van der Waals surface area contributed by atoms with Crippen LogP contribution in [-0.2, 0) is 36.1 Å². The molecule has 74 heavy (non-hydrogen) atoms. The summed E-state index contributed by atoms with van der Waals surface area (Å²) in [5.74, 6) is 3.64. The van der Waals surface area contributed by atoms with E-state index in [-0.39, 0.29) is 68.2 Å². The molecule has 416 valence electrons. The Morgan fingerprint density at radius 2 is 1.08 bits per heavy atom. The molecule has 2 heterocycles. The molecule has 0 spiro atoms. The second-order valence-corrected chi connectivity index (χ2v) is 48.4. The number of ether oxygens (including phenoxy) is 2. The molecule has 1 N–H and O–H groups in total. The lowest BCUT2D eigenvalue weighted by atomic mass is 9.88. The summed E-state index contributed by atoms with van der Waals surface area (Å²) in [5, 5.41) is 2.25. The van der Waals surface area contributed by atoms with Gasteiger partial charge in [-0.15, -0.1) is 6.42 Å². The number of ketones is 1. The Balaban J connectivity index is 0.000000264. The van der Waals surface area contributed by atoms with Gasteiger partial charge < -0.3 is 46.9 Å². The first-order valence-corrected chi connectivity index (χ1v) is 39.7. The SMILES string of the molecule is C#Cc1cccc2c1O[C@H]1C[C@@H](O[Si](C)(C)C(C)(C)C)[C@H](CO[Si](C)(C)C(C)(C)C)[C@@H]21.CC(C)(C)[Si](C)(C)OC[C@@H]1[C@H]2c3cccc(C=O)c3O[C@H]2C[C@H]1O[Si](C)(C)C(C)(C)C.COP(=O)(OC)C([NH+]=[N-])C(C)=O. The van der Waals surface area contributed by atoms with Crippen LogP contribution in [0.3, 0.4) is 0 Å². The number of nitrogens with zero attached hydrogens (tertiary/aromatic N) is 1. The number of hydrogen-bond acceptors (Lipinski definition) is 11. The summed E-state index contributed by atoms with van der Waals surface area (Å²) in [6, 6.07) is 12.2. The number of rotatable bonds is 16. The fraction of sp³-hybridized carbons (Fsp3) is 0.714. The molecule has 2 aromatic rings. The predicted octanol–water partition coefficient (Wildman–Crippen LogP) is 13.2. The lowest BCUT2D eigenvalue weighted by Crippen LogP contribution is -2.73. The Labute approximate surface area is 450 Å². The van der Waals surface area contributed by atoms with Crippen molar-refractivity contribution in [2.24, 2.45) is 11.8 Å². The Bertz CT molecular complexity index is 2390. The van der Waals surface area contributed by atoms with Crippen molar-refractivity contribution in [3.8, 4) is 23.8 Å². The van der Waals surface area contributed by atoms with E-state index >= 15 is 0 Å². The Morgan fingerprint density at radius 1 is 0.703 bits per heavy atom. The third-order valence-electron chi connectivity index (χ3n) is 18.0. The zero-order valence-corrected chi connectivity index (χ0v) is 54.4. The van der Waals surface area contributed by atoms with E-state index in [0.29, 0.717) is 12.2 Å². The van der Waals surface area contributed by atoms with Crippen LogP contribution in [0.1, 0.15) is 142 Å². The number of hydrogen-bond donors (Lipinski definition) is 1.